The third-order valence-corrected chi connectivity index (χ3v) is 9.10. The normalized spacial score (nSPS) is 18.1. The highest BCUT2D eigenvalue weighted by atomic mass is 32.2. The number of carbonyl (C=O) groups is 2. The summed E-state index contributed by atoms with van der Waals surface area (Å²) < 4.78 is 45.4. The van der Waals surface area contributed by atoms with E-state index in [1.165, 1.54) is 18.7 Å². The van der Waals surface area contributed by atoms with Gasteiger partial charge in [-0.2, -0.15) is 0 Å². The van der Waals surface area contributed by atoms with Gasteiger partial charge in [-0.1, -0.05) is 17.2 Å². The van der Waals surface area contributed by atoms with Crippen molar-refractivity contribution >= 4 is 33.3 Å². The number of aliphatic hydroxyl groups is 1. The number of amides is 3. The first-order valence-electron chi connectivity index (χ1n) is 13.8. The number of carbonyl (C=O) groups excluding carboxylic acids is 2. The van der Waals surface area contributed by atoms with Gasteiger partial charge in [0.05, 0.1) is 25.6 Å². The number of fused-ring (bicyclic) bond motifs is 1. The van der Waals surface area contributed by atoms with E-state index in [1.54, 1.807) is 50.9 Å². The van der Waals surface area contributed by atoms with Crippen LogP contribution in [0.1, 0.15) is 42.3 Å². The molecule has 0 aliphatic carbocycles. The summed E-state index contributed by atoms with van der Waals surface area (Å²) in [6.45, 7) is 10.3. The van der Waals surface area contributed by atoms with Crippen LogP contribution in [-0.2, 0) is 21.2 Å². The number of benzene rings is 1. The highest BCUT2D eigenvalue weighted by Crippen LogP contribution is 2.31. The van der Waals surface area contributed by atoms with Gasteiger partial charge in [-0.3, -0.25) is 9.52 Å². The quantitative estimate of drug-likeness (QED) is 0.340. The first kappa shape index (κ1) is 31.8. The number of anilines is 2. The Kier molecular flexibility index (Phi) is 9.35. The average Bonchev–Trinajstić information content (AvgIpc) is 3.47. The molecule has 0 bridgehead atoms. The second kappa shape index (κ2) is 12.6. The summed E-state index contributed by atoms with van der Waals surface area (Å²) in [5, 5.41) is 20.3. The van der Waals surface area contributed by atoms with Crippen LogP contribution >= 0.6 is 0 Å². The molecule has 14 nitrogen and oxygen atoms in total. The van der Waals surface area contributed by atoms with Gasteiger partial charge in [-0.05, 0) is 52.8 Å². The lowest BCUT2D eigenvalue weighted by atomic mass is 10.0. The van der Waals surface area contributed by atoms with Crippen molar-refractivity contribution < 1.29 is 36.9 Å². The van der Waals surface area contributed by atoms with Gasteiger partial charge in [0.25, 0.3) is 10.0 Å². The molecule has 1 aliphatic rings. The smallest absolute Gasteiger partial charge is 0.321 e. The van der Waals surface area contributed by atoms with E-state index in [0.29, 0.717) is 28.5 Å². The molecular weight excluding hydrogens is 580 g/mol. The number of aryl methyl sites for hydroxylation is 4. The van der Waals surface area contributed by atoms with Crippen molar-refractivity contribution in [3.8, 4) is 5.75 Å². The molecule has 234 valence electrons. The van der Waals surface area contributed by atoms with E-state index in [0.717, 1.165) is 0 Å². The van der Waals surface area contributed by atoms with Crippen LogP contribution in [0, 0.1) is 33.6 Å². The van der Waals surface area contributed by atoms with E-state index >= 15 is 0 Å². The Morgan fingerprint density at radius 3 is 2.44 bits per heavy atom. The molecule has 3 atom stereocenters. The van der Waals surface area contributed by atoms with Crippen LogP contribution in [0.25, 0.3) is 0 Å². The summed E-state index contributed by atoms with van der Waals surface area (Å²) in [5.74, 6) is 0.501. The summed E-state index contributed by atoms with van der Waals surface area (Å²) in [4.78, 5) is 29.6. The summed E-state index contributed by atoms with van der Waals surface area (Å²) in [7, 11) is -2.41. The number of sulfonamides is 1. The third kappa shape index (κ3) is 6.94. The summed E-state index contributed by atoms with van der Waals surface area (Å²) >= 11 is 0. The molecule has 0 radical (unpaired) electrons. The van der Waals surface area contributed by atoms with Crippen molar-refractivity contribution in [2.24, 2.45) is 5.92 Å². The second-order valence-electron chi connectivity index (χ2n) is 11.0. The van der Waals surface area contributed by atoms with Crippen molar-refractivity contribution in [1.82, 2.24) is 20.1 Å². The number of rotatable bonds is 8. The molecule has 1 aliphatic heterocycles. The predicted molar refractivity (Wildman–Crippen MR) is 156 cm³/mol. The molecule has 2 aromatic heterocycles. The molecule has 0 saturated carbocycles. The Bertz CT molecular complexity index is 1560. The average molecular weight is 619 g/mol. The number of ether oxygens (including phenoxy) is 1. The van der Waals surface area contributed by atoms with Crippen LogP contribution in [0.4, 0.5) is 16.2 Å². The highest BCUT2D eigenvalue weighted by molar-refractivity contribution is 7.92. The van der Waals surface area contributed by atoms with Gasteiger partial charge in [0.15, 0.2) is 16.4 Å². The molecule has 0 unspecified atom stereocenters. The van der Waals surface area contributed by atoms with E-state index < -0.39 is 28.2 Å². The topological polar surface area (TPSA) is 180 Å². The summed E-state index contributed by atoms with van der Waals surface area (Å²) in [5.41, 5.74) is 1.93. The first-order valence-corrected chi connectivity index (χ1v) is 15.3. The number of hydrogen-bond donors (Lipinski definition) is 3. The number of likely N-dealkylation sites (N-methyl/N-ethyl adjacent to an activating group) is 1. The minimum atomic E-state index is -4.03. The lowest BCUT2D eigenvalue weighted by molar-refractivity contribution is -0.134. The molecule has 3 aromatic rings. The van der Waals surface area contributed by atoms with E-state index in [9.17, 15) is 23.1 Å². The van der Waals surface area contributed by atoms with E-state index in [-0.39, 0.29) is 60.0 Å². The molecule has 3 amide bonds. The molecule has 0 fully saturated rings. The third-order valence-electron chi connectivity index (χ3n) is 7.47. The molecule has 0 saturated heterocycles. The van der Waals surface area contributed by atoms with Gasteiger partial charge in [-0.25, -0.2) is 13.2 Å². The van der Waals surface area contributed by atoms with Gasteiger partial charge in [0.2, 0.25) is 5.91 Å². The number of aliphatic hydroxyl groups excluding tert-OH is 1. The van der Waals surface area contributed by atoms with Crippen LogP contribution < -0.4 is 14.8 Å². The standard InChI is InChI=1S/C28H38N6O8S/c1-15-12-34(16(2)14-35)25(36)11-21-10-22(32-43(38,39)27-18(4)31-42-20(27)6)8-9-23(21)40-24(15)13-33(7)28(37)29-26-17(3)30-41-19(26)5/h8-10,15-16,24,32,35H,11-14H2,1-7H3,(H,29,37)/t15-,16+,24-/m1/s1. The number of nitrogens with zero attached hydrogens (tertiary/aromatic N) is 4. The zero-order valence-corrected chi connectivity index (χ0v) is 26.1. The Labute approximate surface area is 250 Å². The maximum atomic E-state index is 13.5. The zero-order valence-electron chi connectivity index (χ0n) is 25.3. The fraction of sp³-hybridized carbons (Fsp3) is 0.500. The molecule has 0 spiro atoms. The molecule has 15 heteroatoms. The van der Waals surface area contributed by atoms with Gasteiger partial charge in [0, 0.05) is 30.8 Å². The van der Waals surface area contributed by atoms with Crippen LogP contribution in [0.2, 0.25) is 0 Å². The van der Waals surface area contributed by atoms with Crippen molar-refractivity contribution in [1.29, 1.82) is 0 Å². The van der Waals surface area contributed by atoms with Gasteiger partial charge in [0.1, 0.15) is 28.9 Å². The number of hydrogen-bond acceptors (Lipinski definition) is 10. The fourth-order valence-corrected chi connectivity index (χ4v) is 6.37. The molecule has 43 heavy (non-hydrogen) atoms. The van der Waals surface area contributed by atoms with Gasteiger partial charge >= 0.3 is 6.03 Å². The van der Waals surface area contributed by atoms with Crippen molar-refractivity contribution in [2.45, 2.75) is 65.0 Å². The van der Waals surface area contributed by atoms with Crippen molar-refractivity contribution in [3.05, 3.63) is 46.7 Å². The SMILES string of the molecule is Cc1noc(C)c1NC(=O)N(C)C[C@H]1Oc2ccc(NS(=O)(=O)c3c(C)noc3C)cc2CC(=O)N([C@@H](C)CO)C[C@H]1C. The molecule has 3 heterocycles. The lowest BCUT2D eigenvalue weighted by Crippen LogP contribution is -2.48. The Morgan fingerprint density at radius 2 is 1.84 bits per heavy atom. The monoisotopic (exact) mass is 618 g/mol. The minimum Gasteiger partial charge on any atom is -0.488 e. The van der Waals surface area contributed by atoms with Crippen molar-refractivity contribution in [3.63, 3.8) is 0 Å². The van der Waals surface area contributed by atoms with Crippen LogP contribution in [0.15, 0.2) is 32.1 Å². The van der Waals surface area contributed by atoms with Crippen LogP contribution in [0.3, 0.4) is 0 Å². The summed E-state index contributed by atoms with van der Waals surface area (Å²) in [6, 6.07) is 3.82. The lowest BCUT2D eigenvalue weighted by Gasteiger charge is -2.34. The molecule has 3 N–H and O–H groups in total. The highest BCUT2D eigenvalue weighted by Gasteiger charge is 2.32. The fourth-order valence-electron chi connectivity index (χ4n) is 4.99. The largest absolute Gasteiger partial charge is 0.488 e. The van der Waals surface area contributed by atoms with Crippen molar-refractivity contribution in [2.75, 3.05) is 36.8 Å². The van der Waals surface area contributed by atoms with Gasteiger partial charge < -0.3 is 34.0 Å². The first-order chi connectivity index (χ1) is 20.2. The predicted octanol–water partition coefficient (Wildman–Crippen LogP) is 3.01. The molecule has 4 rings (SSSR count). The summed E-state index contributed by atoms with van der Waals surface area (Å²) in [6.07, 6.45) is -0.661. The van der Waals surface area contributed by atoms with Crippen LogP contribution in [-0.4, -0.2) is 84.5 Å². The van der Waals surface area contributed by atoms with E-state index in [2.05, 4.69) is 20.4 Å². The Hall–Kier alpha value is -4.11. The maximum Gasteiger partial charge on any atom is 0.321 e. The van der Waals surface area contributed by atoms with Gasteiger partial charge in [-0.15, -0.1) is 0 Å². The Balaban J connectivity index is 1.64. The van der Waals surface area contributed by atoms with E-state index in [1.807, 2.05) is 6.92 Å². The minimum absolute atomic E-state index is 0.0573. The number of aromatic nitrogens is 2. The Morgan fingerprint density at radius 1 is 1.16 bits per heavy atom. The second-order valence-corrected chi connectivity index (χ2v) is 12.6. The maximum absolute atomic E-state index is 13.5. The van der Waals surface area contributed by atoms with Crippen LogP contribution in [0.5, 0.6) is 5.75 Å². The number of nitrogens with one attached hydrogen (secondary N) is 2. The zero-order chi connectivity index (χ0) is 31.6. The number of urea groups is 1. The molecular formula is C28H38N6O8S. The molecule has 1 aromatic carbocycles. The van der Waals surface area contributed by atoms with E-state index in [4.69, 9.17) is 13.8 Å².